The van der Waals surface area contributed by atoms with Crippen molar-refractivity contribution in [2.45, 2.75) is 38.1 Å². The van der Waals surface area contributed by atoms with Crippen LogP contribution in [0.4, 0.5) is 15.8 Å². The summed E-state index contributed by atoms with van der Waals surface area (Å²) in [4.78, 5) is 16.4. The maximum absolute atomic E-state index is 13.2. The second-order valence-corrected chi connectivity index (χ2v) is 6.40. The van der Waals surface area contributed by atoms with Crippen molar-refractivity contribution in [1.82, 2.24) is 4.98 Å². The third-order valence-corrected chi connectivity index (χ3v) is 4.44. The van der Waals surface area contributed by atoms with Crippen LogP contribution in [0.15, 0.2) is 36.5 Å². The number of carbonyl (C=O) groups is 1. The van der Waals surface area contributed by atoms with Crippen LogP contribution in [0.2, 0.25) is 5.02 Å². The molecule has 4 nitrogen and oxygen atoms in total. The number of halogens is 2. The first-order valence-corrected chi connectivity index (χ1v) is 8.48. The number of rotatable bonds is 4. The SMILES string of the molecule is O=C(Nc1ccc(F)c(Cl)c1)c1cc(NC2CCCCC2)ccn1. The highest BCUT2D eigenvalue weighted by Gasteiger charge is 2.14. The number of hydrogen-bond acceptors (Lipinski definition) is 3. The molecule has 0 spiro atoms. The van der Waals surface area contributed by atoms with E-state index in [2.05, 4.69) is 15.6 Å². The molecule has 1 amide bonds. The molecule has 1 aliphatic rings. The highest BCUT2D eigenvalue weighted by Crippen LogP contribution is 2.22. The minimum atomic E-state index is -0.522. The van der Waals surface area contributed by atoms with E-state index in [1.54, 1.807) is 12.3 Å². The number of nitrogens with zero attached hydrogens (tertiary/aromatic N) is 1. The van der Waals surface area contributed by atoms with Crippen molar-refractivity contribution in [2.75, 3.05) is 10.6 Å². The zero-order valence-corrected chi connectivity index (χ0v) is 13.9. The lowest BCUT2D eigenvalue weighted by molar-refractivity contribution is 0.102. The normalized spacial score (nSPS) is 15.1. The predicted octanol–water partition coefficient (Wildman–Crippen LogP) is 4.87. The van der Waals surface area contributed by atoms with Gasteiger partial charge in [-0.3, -0.25) is 9.78 Å². The molecule has 0 aliphatic heterocycles. The maximum atomic E-state index is 13.2. The molecule has 0 bridgehead atoms. The van der Waals surface area contributed by atoms with Crippen molar-refractivity contribution < 1.29 is 9.18 Å². The second kappa shape index (κ2) is 7.62. The van der Waals surface area contributed by atoms with Gasteiger partial charge in [0, 0.05) is 23.6 Å². The largest absolute Gasteiger partial charge is 0.382 e. The molecular weight excluding hydrogens is 329 g/mol. The minimum absolute atomic E-state index is 0.0338. The monoisotopic (exact) mass is 347 g/mol. The molecule has 24 heavy (non-hydrogen) atoms. The Morgan fingerprint density at radius 2 is 1.92 bits per heavy atom. The van der Waals surface area contributed by atoms with Gasteiger partial charge in [-0.15, -0.1) is 0 Å². The summed E-state index contributed by atoms with van der Waals surface area (Å²) in [6.07, 6.45) is 7.68. The Morgan fingerprint density at radius 3 is 2.67 bits per heavy atom. The van der Waals surface area contributed by atoms with E-state index in [0.717, 1.165) is 18.5 Å². The van der Waals surface area contributed by atoms with E-state index in [-0.39, 0.29) is 10.9 Å². The average molecular weight is 348 g/mol. The smallest absolute Gasteiger partial charge is 0.274 e. The summed E-state index contributed by atoms with van der Waals surface area (Å²) in [7, 11) is 0. The van der Waals surface area contributed by atoms with Crippen molar-refractivity contribution >= 4 is 28.9 Å². The fourth-order valence-corrected chi connectivity index (χ4v) is 3.08. The van der Waals surface area contributed by atoms with Gasteiger partial charge in [-0.1, -0.05) is 30.9 Å². The molecule has 1 aromatic heterocycles. The van der Waals surface area contributed by atoms with Gasteiger partial charge in [0.2, 0.25) is 0 Å². The Hall–Kier alpha value is -2.14. The molecule has 1 aliphatic carbocycles. The van der Waals surface area contributed by atoms with Gasteiger partial charge in [0.25, 0.3) is 5.91 Å². The zero-order valence-electron chi connectivity index (χ0n) is 13.2. The van der Waals surface area contributed by atoms with Crippen LogP contribution in [0.5, 0.6) is 0 Å². The topological polar surface area (TPSA) is 54.0 Å². The van der Waals surface area contributed by atoms with Crippen molar-refractivity contribution in [2.24, 2.45) is 0 Å². The summed E-state index contributed by atoms with van der Waals surface area (Å²) < 4.78 is 13.2. The molecular formula is C18H19ClFN3O. The Morgan fingerprint density at radius 1 is 1.12 bits per heavy atom. The lowest BCUT2D eigenvalue weighted by Gasteiger charge is -2.23. The van der Waals surface area contributed by atoms with E-state index in [0.29, 0.717) is 17.4 Å². The number of amides is 1. The molecule has 1 saturated carbocycles. The minimum Gasteiger partial charge on any atom is -0.382 e. The second-order valence-electron chi connectivity index (χ2n) is 5.99. The van der Waals surface area contributed by atoms with E-state index < -0.39 is 5.82 Å². The molecule has 6 heteroatoms. The molecule has 126 valence electrons. The fraction of sp³-hybridized carbons (Fsp3) is 0.333. The number of benzene rings is 1. The molecule has 0 unspecified atom stereocenters. The highest BCUT2D eigenvalue weighted by molar-refractivity contribution is 6.31. The van der Waals surface area contributed by atoms with Crippen LogP contribution in [0.25, 0.3) is 0 Å². The fourth-order valence-electron chi connectivity index (χ4n) is 2.90. The summed E-state index contributed by atoms with van der Waals surface area (Å²) >= 11 is 5.73. The Labute approximate surface area is 145 Å². The van der Waals surface area contributed by atoms with Crippen LogP contribution >= 0.6 is 11.6 Å². The van der Waals surface area contributed by atoms with E-state index in [1.165, 1.54) is 37.5 Å². The van der Waals surface area contributed by atoms with E-state index in [4.69, 9.17) is 11.6 Å². The standard InChI is InChI=1S/C18H19ClFN3O/c19-15-10-13(6-7-16(15)20)23-18(24)17-11-14(8-9-21-17)22-12-4-2-1-3-5-12/h6-12H,1-5H2,(H,21,22)(H,23,24). The Kier molecular flexibility index (Phi) is 5.30. The molecule has 2 N–H and O–H groups in total. The average Bonchev–Trinajstić information content (AvgIpc) is 2.59. The molecule has 1 heterocycles. The van der Waals surface area contributed by atoms with Crippen LogP contribution in [-0.4, -0.2) is 16.9 Å². The first-order chi connectivity index (χ1) is 11.6. The third-order valence-electron chi connectivity index (χ3n) is 4.15. The molecule has 1 fully saturated rings. The van der Waals surface area contributed by atoms with Crippen LogP contribution in [0, 0.1) is 5.82 Å². The van der Waals surface area contributed by atoms with Crippen LogP contribution < -0.4 is 10.6 Å². The first kappa shape index (κ1) is 16.7. The number of hydrogen-bond donors (Lipinski definition) is 2. The Bertz CT molecular complexity index is 732. The van der Waals surface area contributed by atoms with Crippen molar-refractivity contribution in [1.29, 1.82) is 0 Å². The number of pyridine rings is 1. The molecule has 1 aromatic carbocycles. The quantitative estimate of drug-likeness (QED) is 0.829. The number of aromatic nitrogens is 1. The van der Waals surface area contributed by atoms with Crippen LogP contribution in [-0.2, 0) is 0 Å². The molecule has 2 aromatic rings. The highest BCUT2D eigenvalue weighted by atomic mass is 35.5. The van der Waals surface area contributed by atoms with Crippen molar-refractivity contribution in [3.63, 3.8) is 0 Å². The van der Waals surface area contributed by atoms with E-state index in [9.17, 15) is 9.18 Å². The summed E-state index contributed by atoms with van der Waals surface area (Å²) in [5.74, 6) is -0.878. The number of nitrogens with one attached hydrogen (secondary N) is 2. The van der Waals surface area contributed by atoms with Gasteiger partial charge >= 0.3 is 0 Å². The first-order valence-electron chi connectivity index (χ1n) is 8.11. The van der Waals surface area contributed by atoms with Gasteiger partial charge in [-0.2, -0.15) is 0 Å². The third kappa shape index (κ3) is 4.23. The lowest BCUT2D eigenvalue weighted by Crippen LogP contribution is -2.22. The summed E-state index contributed by atoms with van der Waals surface area (Å²) in [6, 6.07) is 8.09. The predicted molar refractivity (Wildman–Crippen MR) is 94.1 cm³/mol. The summed E-state index contributed by atoms with van der Waals surface area (Å²) in [5.41, 5.74) is 1.62. The maximum Gasteiger partial charge on any atom is 0.274 e. The Balaban J connectivity index is 1.68. The molecule has 0 saturated heterocycles. The summed E-state index contributed by atoms with van der Waals surface area (Å²) in [5, 5.41) is 6.11. The van der Waals surface area contributed by atoms with Gasteiger partial charge < -0.3 is 10.6 Å². The number of anilines is 2. The lowest BCUT2D eigenvalue weighted by atomic mass is 9.95. The number of carbonyl (C=O) groups excluding carboxylic acids is 1. The van der Waals surface area contributed by atoms with Crippen LogP contribution in [0.3, 0.4) is 0 Å². The van der Waals surface area contributed by atoms with Gasteiger partial charge in [-0.05, 0) is 43.2 Å². The van der Waals surface area contributed by atoms with E-state index in [1.807, 2.05) is 6.07 Å². The molecule has 3 rings (SSSR count). The van der Waals surface area contributed by atoms with Gasteiger partial charge in [0.15, 0.2) is 0 Å². The van der Waals surface area contributed by atoms with Gasteiger partial charge in [-0.25, -0.2) is 4.39 Å². The molecule has 0 atom stereocenters. The van der Waals surface area contributed by atoms with Crippen molar-refractivity contribution in [3.8, 4) is 0 Å². The van der Waals surface area contributed by atoms with Gasteiger partial charge in [0.05, 0.1) is 5.02 Å². The van der Waals surface area contributed by atoms with Crippen molar-refractivity contribution in [3.05, 3.63) is 53.1 Å². The molecule has 0 radical (unpaired) electrons. The zero-order chi connectivity index (χ0) is 16.9. The summed E-state index contributed by atoms with van der Waals surface area (Å²) in [6.45, 7) is 0. The van der Waals surface area contributed by atoms with Crippen LogP contribution in [0.1, 0.15) is 42.6 Å². The van der Waals surface area contributed by atoms with Gasteiger partial charge in [0.1, 0.15) is 11.5 Å². The van der Waals surface area contributed by atoms with E-state index >= 15 is 0 Å².